The van der Waals surface area contributed by atoms with E-state index >= 15 is 0 Å². The summed E-state index contributed by atoms with van der Waals surface area (Å²) in [6.07, 6.45) is 0. The number of benzene rings is 1. The van der Waals surface area contributed by atoms with E-state index in [-0.39, 0.29) is 0 Å². The fraction of sp³-hybridized carbons (Fsp3) is 0.267. The molecule has 5 heteroatoms. The van der Waals surface area contributed by atoms with Crippen LogP contribution in [0, 0.1) is 0 Å². The molecule has 2 aromatic rings. The minimum absolute atomic E-state index is 0.342. The van der Waals surface area contributed by atoms with Crippen LogP contribution >= 0.6 is 0 Å². The van der Waals surface area contributed by atoms with Crippen LogP contribution < -0.4 is 0 Å². The number of hydrogen-bond acceptors (Lipinski definition) is 5. The van der Waals surface area contributed by atoms with Crippen LogP contribution in [0.1, 0.15) is 25.5 Å². The van der Waals surface area contributed by atoms with Crippen molar-refractivity contribution < 1.29 is 19.1 Å². The molecule has 0 spiro atoms. The number of pyridine rings is 1. The van der Waals surface area contributed by atoms with E-state index in [4.69, 9.17) is 9.47 Å². The minimum atomic E-state index is -1.22. The molecule has 2 heterocycles. The Balaban J connectivity index is 2.02. The van der Waals surface area contributed by atoms with Crippen molar-refractivity contribution in [3.63, 3.8) is 0 Å². The summed E-state index contributed by atoms with van der Waals surface area (Å²) in [5.74, 6) is -3.60. The van der Waals surface area contributed by atoms with E-state index in [0.29, 0.717) is 5.69 Å². The van der Waals surface area contributed by atoms with E-state index in [0.717, 1.165) is 10.9 Å². The number of rotatable bonds is 1. The van der Waals surface area contributed by atoms with Crippen molar-refractivity contribution in [1.82, 2.24) is 4.98 Å². The van der Waals surface area contributed by atoms with Crippen LogP contribution in [0.5, 0.6) is 0 Å². The van der Waals surface area contributed by atoms with E-state index in [1.54, 1.807) is 6.07 Å². The Morgan fingerprint density at radius 1 is 1.00 bits per heavy atom. The van der Waals surface area contributed by atoms with E-state index in [1.807, 2.05) is 30.3 Å². The third-order valence-electron chi connectivity index (χ3n) is 3.08. The second kappa shape index (κ2) is 4.30. The third kappa shape index (κ3) is 2.11. The number of carbonyl (C=O) groups excluding carboxylic acids is 2. The van der Waals surface area contributed by atoms with Gasteiger partial charge in [-0.15, -0.1) is 0 Å². The van der Waals surface area contributed by atoms with E-state index in [9.17, 15) is 9.59 Å². The number of para-hydroxylation sites is 1. The zero-order valence-electron chi connectivity index (χ0n) is 11.1. The molecule has 1 fully saturated rings. The summed E-state index contributed by atoms with van der Waals surface area (Å²) in [5.41, 5.74) is 1.06. The Labute approximate surface area is 115 Å². The first kappa shape index (κ1) is 12.6. The van der Waals surface area contributed by atoms with Crippen molar-refractivity contribution in [1.29, 1.82) is 0 Å². The van der Waals surface area contributed by atoms with Crippen molar-refractivity contribution in [2.45, 2.75) is 25.6 Å². The number of fused-ring (bicyclic) bond motifs is 1. The second-order valence-corrected chi connectivity index (χ2v) is 5.10. The summed E-state index contributed by atoms with van der Waals surface area (Å²) >= 11 is 0. The average Bonchev–Trinajstić information content (AvgIpc) is 2.36. The van der Waals surface area contributed by atoms with Gasteiger partial charge in [0.25, 0.3) is 5.79 Å². The summed E-state index contributed by atoms with van der Waals surface area (Å²) in [4.78, 5) is 28.3. The molecule has 0 radical (unpaired) electrons. The first-order valence-electron chi connectivity index (χ1n) is 6.28. The lowest BCUT2D eigenvalue weighted by Crippen LogP contribution is -2.45. The first-order valence-corrected chi connectivity index (χ1v) is 6.28. The van der Waals surface area contributed by atoms with Gasteiger partial charge in [-0.2, -0.15) is 0 Å². The van der Waals surface area contributed by atoms with Gasteiger partial charge in [-0.05, 0) is 12.1 Å². The normalized spacial score (nSPS) is 18.7. The summed E-state index contributed by atoms with van der Waals surface area (Å²) in [6, 6.07) is 10.9. The predicted molar refractivity (Wildman–Crippen MR) is 70.7 cm³/mol. The maximum Gasteiger partial charge on any atom is 0.329 e. The van der Waals surface area contributed by atoms with Crippen LogP contribution in [-0.2, 0) is 19.1 Å². The zero-order chi connectivity index (χ0) is 14.3. The van der Waals surface area contributed by atoms with Gasteiger partial charge in [-0.1, -0.05) is 24.3 Å². The molecule has 1 aliphatic rings. The number of esters is 2. The standard InChI is InChI=1S/C15H13NO4/c1-15(2)19-13(17)12(14(18)20-15)11-8-7-9-5-3-4-6-10(9)16-11/h3-8,12H,1-2H3. The van der Waals surface area contributed by atoms with Gasteiger partial charge in [-0.25, -0.2) is 0 Å². The molecule has 0 atom stereocenters. The van der Waals surface area contributed by atoms with Crippen LogP contribution in [0.25, 0.3) is 10.9 Å². The second-order valence-electron chi connectivity index (χ2n) is 5.10. The van der Waals surface area contributed by atoms with Gasteiger partial charge in [0.2, 0.25) is 0 Å². The average molecular weight is 271 g/mol. The molecule has 0 amide bonds. The molecular weight excluding hydrogens is 258 g/mol. The molecule has 1 aromatic carbocycles. The van der Waals surface area contributed by atoms with E-state index < -0.39 is 23.6 Å². The van der Waals surface area contributed by atoms with Crippen molar-refractivity contribution in [3.8, 4) is 0 Å². The molecule has 0 aliphatic carbocycles. The highest BCUT2D eigenvalue weighted by atomic mass is 16.7. The minimum Gasteiger partial charge on any atom is -0.422 e. The molecule has 5 nitrogen and oxygen atoms in total. The lowest BCUT2D eigenvalue weighted by Gasteiger charge is -2.32. The topological polar surface area (TPSA) is 65.5 Å². The van der Waals surface area contributed by atoms with Gasteiger partial charge in [-0.3, -0.25) is 14.6 Å². The molecule has 1 aliphatic heterocycles. The fourth-order valence-electron chi connectivity index (χ4n) is 2.20. The van der Waals surface area contributed by atoms with Gasteiger partial charge >= 0.3 is 11.9 Å². The van der Waals surface area contributed by atoms with E-state index in [1.165, 1.54) is 13.8 Å². The number of hydrogen-bond donors (Lipinski definition) is 0. The number of carbonyl (C=O) groups is 2. The summed E-state index contributed by atoms with van der Waals surface area (Å²) in [5, 5.41) is 0.939. The summed E-state index contributed by atoms with van der Waals surface area (Å²) in [7, 11) is 0. The Kier molecular flexibility index (Phi) is 2.71. The quantitative estimate of drug-likeness (QED) is 0.587. The first-order chi connectivity index (χ1) is 9.46. The van der Waals surface area contributed by atoms with Gasteiger partial charge in [0, 0.05) is 19.2 Å². The molecule has 20 heavy (non-hydrogen) atoms. The molecule has 0 bridgehead atoms. The molecule has 1 saturated heterocycles. The monoisotopic (exact) mass is 271 g/mol. The van der Waals surface area contributed by atoms with Crippen molar-refractivity contribution in [2.75, 3.05) is 0 Å². The molecule has 0 saturated carbocycles. The highest BCUT2D eigenvalue weighted by Gasteiger charge is 2.44. The number of ether oxygens (including phenoxy) is 2. The predicted octanol–water partition coefficient (Wildman–Crippen LogP) is 2.15. The SMILES string of the molecule is CC1(C)OC(=O)C(c2ccc3ccccc3n2)C(=O)O1. The van der Waals surface area contributed by atoms with Crippen LogP contribution in [0.2, 0.25) is 0 Å². The number of aromatic nitrogens is 1. The summed E-state index contributed by atoms with van der Waals surface area (Å²) < 4.78 is 10.2. The molecule has 1 aromatic heterocycles. The Hall–Kier alpha value is -2.43. The largest absolute Gasteiger partial charge is 0.422 e. The lowest BCUT2D eigenvalue weighted by molar-refractivity contribution is -0.234. The molecule has 0 N–H and O–H groups in total. The van der Waals surface area contributed by atoms with Crippen LogP contribution in [0.15, 0.2) is 36.4 Å². The van der Waals surface area contributed by atoms with Gasteiger partial charge in [0.05, 0.1) is 11.2 Å². The molecular formula is C15H13NO4. The van der Waals surface area contributed by atoms with Gasteiger partial charge in [0.1, 0.15) is 0 Å². The number of nitrogens with zero attached hydrogens (tertiary/aromatic N) is 1. The third-order valence-corrected chi connectivity index (χ3v) is 3.08. The van der Waals surface area contributed by atoms with E-state index in [2.05, 4.69) is 4.98 Å². The van der Waals surface area contributed by atoms with Crippen LogP contribution in [-0.4, -0.2) is 22.7 Å². The maximum absolute atomic E-state index is 12.0. The van der Waals surface area contributed by atoms with Crippen LogP contribution in [0.4, 0.5) is 0 Å². The highest BCUT2D eigenvalue weighted by Crippen LogP contribution is 2.29. The van der Waals surface area contributed by atoms with Crippen molar-refractivity contribution >= 4 is 22.8 Å². The lowest BCUT2D eigenvalue weighted by atomic mass is 10.0. The Bertz CT molecular complexity index is 688. The Morgan fingerprint density at radius 3 is 2.35 bits per heavy atom. The van der Waals surface area contributed by atoms with Gasteiger partial charge < -0.3 is 9.47 Å². The molecule has 0 unspecified atom stereocenters. The fourth-order valence-corrected chi connectivity index (χ4v) is 2.20. The van der Waals surface area contributed by atoms with Crippen molar-refractivity contribution in [2.24, 2.45) is 0 Å². The zero-order valence-corrected chi connectivity index (χ0v) is 11.1. The molecule has 3 rings (SSSR count). The number of cyclic esters (lactones) is 2. The maximum atomic E-state index is 12.0. The molecule has 102 valence electrons. The highest BCUT2D eigenvalue weighted by molar-refractivity contribution is 6.02. The summed E-state index contributed by atoms with van der Waals surface area (Å²) in [6.45, 7) is 3.04. The smallest absolute Gasteiger partial charge is 0.329 e. The van der Waals surface area contributed by atoms with Crippen molar-refractivity contribution in [3.05, 3.63) is 42.1 Å². The van der Waals surface area contributed by atoms with Crippen LogP contribution in [0.3, 0.4) is 0 Å². The van der Waals surface area contributed by atoms with Gasteiger partial charge in [0.15, 0.2) is 5.92 Å². The Morgan fingerprint density at radius 2 is 1.65 bits per heavy atom.